The first-order valence-electron chi connectivity index (χ1n) is 12.3. The minimum Gasteiger partial charge on any atom is -0.465 e. The zero-order valence-corrected chi connectivity index (χ0v) is 20.3. The number of carboxylic acid groups (broad SMARTS) is 1. The van der Waals surface area contributed by atoms with Crippen LogP contribution in [0.3, 0.4) is 0 Å². The lowest BCUT2D eigenvalue weighted by atomic mass is 9.77. The van der Waals surface area contributed by atoms with Gasteiger partial charge in [-0.1, -0.05) is 20.8 Å². The van der Waals surface area contributed by atoms with E-state index in [0.717, 1.165) is 0 Å². The van der Waals surface area contributed by atoms with Gasteiger partial charge in [-0.3, -0.25) is 14.4 Å². The summed E-state index contributed by atoms with van der Waals surface area (Å²) in [4.78, 5) is 52.1. The lowest BCUT2D eigenvalue weighted by molar-refractivity contribution is -0.143. The van der Waals surface area contributed by atoms with Gasteiger partial charge < -0.3 is 26.0 Å². The number of carbonyl (C=O) groups is 4. The van der Waals surface area contributed by atoms with Gasteiger partial charge in [0, 0.05) is 19.0 Å². The molecule has 9 atom stereocenters. The van der Waals surface area contributed by atoms with Gasteiger partial charge in [0.25, 0.3) is 0 Å². The Morgan fingerprint density at radius 3 is 2.54 bits per heavy atom. The molecular formula is C24H34FN5O5. The molecule has 2 saturated heterocycles. The maximum atomic E-state index is 14.8. The number of halogens is 1. The van der Waals surface area contributed by atoms with E-state index in [9.17, 15) is 33.9 Å². The number of fused-ring (bicyclic) bond motifs is 5. The summed E-state index contributed by atoms with van der Waals surface area (Å²) in [6.07, 6.45) is -0.574. The van der Waals surface area contributed by atoms with Crippen LogP contribution in [-0.4, -0.2) is 71.2 Å². The molecular weight excluding hydrogens is 457 g/mol. The number of hydrogen-bond donors (Lipinski definition) is 4. The summed E-state index contributed by atoms with van der Waals surface area (Å²) in [6, 6.07) is -0.971. The van der Waals surface area contributed by atoms with Gasteiger partial charge in [-0.25, -0.2) is 9.18 Å². The summed E-state index contributed by atoms with van der Waals surface area (Å²) >= 11 is 0. The van der Waals surface area contributed by atoms with Crippen LogP contribution < -0.4 is 16.0 Å². The largest absolute Gasteiger partial charge is 0.465 e. The Bertz CT molecular complexity index is 946. The van der Waals surface area contributed by atoms with Crippen LogP contribution >= 0.6 is 0 Å². The van der Waals surface area contributed by atoms with Gasteiger partial charge >= 0.3 is 6.09 Å². The van der Waals surface area contributed by atoms with Gasteiger partial charge in [-0.15, -0.1) is 0 Å². The maximum absolute atomic E-state index is 14.8. The van der Waals surface area contributed by atoms with Crippen LogP contribution in [0, 0.1) is 46.3 Å². The molecule has 2 heterocycles. The fourth-order valence-corrected chi connectivity index (χ4v) is 6.76. The molecule has 2 aliphatic heterocycles. The molecule has 10 nitrogen and oxygen atoms in total. The molecule has 2 bridgehead atoms. The van der Waals surface area contributed by atoms with Crippen LogP contribution in [-0.2, 0) is 14.4 Å². The molecule has 0 aromatic rings. The highest BCUT2D eigenvalue weighted by molar-refractivity contribution is 5.93. The number of nitrogens with one attached hydrogen (secondary N) is 3. The van der Waals surface area contributed by atoms with E-state index in [-0.39, 0.29) is 48.5 Å². The van der Waals surface area contributed by atoms with E-state index in [4.69, 9.17) is 0 Å². The van der Waals surface area contributed by atoms with Crippen LogP contribution in [0.15, 0.2) is 0 Å². The molecule has 4 aliphatic rings. The number of likely N-dealkylation sites (tertiary alicyclic amines) is 1. The van der Waals surface area contributed by atoms with E-state index in [1.165, 1.54) is 4.90 Å². The molecule has 2 saturated carbocycles. The molecule has 192 valence electrons. The number of amides is 4. The third-order valence-electron chi connectivity index (χ3n) is 8.36. The van der Waals surface area contributed by atoms with Crippen LogP contribution in [0.5, 0.6) is 0 Å². The fourth-order valence-electron chi connectivity index (χ4n) is 6.76. The average molecular weight is 492 g/mol. The minimum atomic E-state index is -1.35. The van der Waals surface area contributed by atoms with E-state index in [0.29, 0.717) is 25.8 Å². The lowest BCUT2D eigenvalue weighted by Gasteiger charge is -2.36. The highest BCUT2D eigenvalue weighted by atomic mass is 19.1. The summed E-state index contributed by atoms with van der Waals surface area (Å²) < 4.78 is 14.8. The monoisotopic (exact) mass is 491 g/mol. The van der Waals surface area contributed by atoms with E-state index >= 15 is 0 Å². The maximum Gasteiger partial charge on any atom is 0.405 e. The van der Waals surface area contributed by atoms with Crippen LogP contribution in [0.2, 0.25) is 0 Å². The normalized spacial score (nSPS) is 35.1. The Hall–Kier alpha value is -2.90. The molecule has 4 rings (SSSR count). The van der Waals surface area contributed by atoms with Crippen LogP contribution in [0.1, 0.15) is 46.5 Å². The first-order valence-corrected chi connectivity index (χ1v) is 12.3. The predicted molar refractivity (Wildman–Crippen MR) is 121 cm³/mol. The number of rotatable bonds is 6. The van der Waals surface area contributed by atoms with Crippen molar-refractivity contribution in [3.8, 4) is 6.07 Å². The summed E-state index contributed by atoms with van der Waals surface area (Å²) in [7, 11) is 0. The number of hydrogen-bond acceptors (Lipinski definition) is 5. The van der Waals surface area contributed by atoms with E-state index < -0.39 is 47.6 Å². The molecule has 2 unspecified atom stereocenters. The van der Waals surface area contributed by atoms with Gasteiger partial charge in [0.05, 0.1) is 6.07 Å². The average Bonchev–Trinajstić information content (AvgIpc) is 3.51. The van der Waals surface area contributed by atoms with Gasteiger partial charge in [0.15, 0.2) is 0 Å². The summed E-state index contributed by atoms with van der Waals surface area (Å²) in [6.45, 7) is 5.98. The standard InChI is InChI=1S/C24H34FN5O5/c1-24(2,3)19(29-23(34)35)22(33)30-10-15-12-7-14(16(25)8-12)17(15)18(30)21(32)28-13(9-26)6-11-4-5-27-20(11)31/h11-19,29H,4-8,10H2,1-3H3,(H,27,31)(H,28,32)(H,34,35)/t11-,12-,13?,14+,15+,16+,17-,18-,19?/m0/s1. The van der Waals surface area contributed by atoms with Gasteiger partial charge in [-0.05, 0) is 54.8 Å². The smallest absolute Gasteiger partial charge is 0.405 e. The van der Waals surface area contributed by atoms with Crippen molar-refractivity contribution in [3.63, 3.8) is 0 Å². The van der Waals surface area contributed by atoms with Crippen molar-refractivity contribution in [2.45, 2.75) is 70.8 Å². The summed E-state index contributed by atoms with van der Waals surface area (Å²) in [5.41, 5.74) is -0.763. The quantitative estimate of drug-likeness (QED) is 0.435. The Kier molecular flexibility index (Phi) is 6.68. The van der Waals surface area contributed by atoms with Crippen LogP contribution in [0.25, 0.3) is 0 Å². The van der Waals surface area contributed by atoms with Crippen LogP contribution in [0.4, 0.5) is 9.18 Å². The number of carbonyl (C=O) groups excluding carboxylic acids is 3. The van der Waals surface area contributed by atoms with Crippen molar-refractivity contribution in [1.82, 2.24) is 20.9 Å². The summed E-state index contributed by atoms with van der Waals surface area (Å²) in [5.74, 6) is -2.30. The second kappa shape index (κ2) is 9.28. The topological polar surface area (TPSA) is 152 Å². The van der Waals surface area contributed by atoms with Crippen molar-refractivity contribution in [2.75, 3.05) is 13.1 Å². The molecule has 2 aliphatic carbocycles. The van der Waals surface area contributed by atoms with Gasteiger partial charge in [-0.2, -0.15) is 5.26 Å². The van der Waals surface area contributed by atoms with Crippen molar-refractivity contribution >= 4 is 23.8 Å². The van der Waals surface area contributed by atoms with Crippen molar-refractivity contribution in [1.29, 1.82) is 5.26 Å². The van der Waals surface area contributed by atoms with Gasteiger partial charge in [0.2, 0.25) is 17.7 Å². The summed E-state index contributed by atoms with van der Waals surface area (Å²) in [5, 5.41) is 26.7. The van der Waals surface area contributed by atoms with Crippen molar-refractivity contribution < 1.29 is 28.7 Å². The second-order valence-electron chi connectivity index (χ2n) is 11.5. The molecule has 4 amide bonds. The molecule has 0 aromatic carbocycles. The zero-order valence-electron chi connectivity index (χ0n) is 20.3. The second-order valence-corrected chi connectivity index (χ2v) is 11.5. The Morgan fingerprint density at radius 1 is 1.26 bits per heavy atom. The van der Waals surface area contributed by atoms with E-state index in [1.807, 2.05) is 6.07 Å². The Morgan fingerprint density at radius 2 is 1.97 bits per heavy atom. The SMILES string of the molecule is CC(C)(C)C(NC(=O)O)C(=O)N1C[C@@H]2[C@H]3C[C@@H]([C@@H]2[C@H]1C(=O)NC(C#N)C[C@@H]1CCNC1=O)[C@H](F)C3. The van der Waals surface area contributed by atoms with Gasteiger partial charge in [0.1, 0.15) is 24.3 Å². The van der Waals surface area contributed by atoms with E-state index in [2.05, 4.69) is 16.0 Å². The first-order chi connectivity index (χ1) is 16.4. The Balaban J connectivity index is 1.59. The molecule has 4 fully saturated rings. The van der Waals surface area contributed by atoms with E-state index in [1.54, 1.807) is 20.8 Å². The molecule has 0 spiro atoms. The molecule has 0 radical (unpaired) electrons. The van der Waals surface area contributed by atoms with Crippen molar-refractivity contribution in [2.24, 2.45) is 35.0 Å². The Labute approximate surface area is 204 Å². The third kappa shape index (κ3) is 4.67. The lowest BCUT2D eigenvalue weighted by Crippen LogP contribution is -2.59. The minimum absolute atomic E-state index is 0.0432. The first kappa shape index (κ1) is 25.2. The fraction of sp³-hybridized carbons (Fsp3) is 0.792. The number of nitrogens with zero attached hydrogens (tertiary/aromatic N) is 2. The highest BCUT2D eigenvalue weighted by Gasteiger charge is 2.63. The molecule has 35 heavy (non-hydrogen) atoms. The van der Waals surface area contributed by atoms with Crippen molar-refractivity contribution in [3.05, 3.63) is 0 Å². The molecule has 0 aromatic heterocycles. The molecule has 4 N–H and O–H groups in total. The number of alkyl halides is 1. The third-order valence-corrected chi connectivity index (χ3v) is 8.36. The number of nitriles is 1. The predicted octanol–water partition coefficient (Wildman–Crippen LogP) is 1.02. The highest BCUT2D eigenvalue weighted by Crippen LogP contribution is 2.58. The zero-order chi connectivity index (χ0) is 25.7. The molecule has 11 heteroatoms.